The molecule has 1 aromatic rings. The molecule has 130 valence electrons. The van der Waals surface area contributed by atoms with E-state index in [-0.39, 0.29) is 23.5 Å². The fourth-order valence-electron chi connectivity index (χ4n) is 4.12. The first-order valence-electron chi connectivity index (χ1n) is 8.86. The van der Waals surface area contributed by atoms with E-state index in [1.54, 1.807) is 7.11 Å². The second-order valence-corrected chi connectivity index (χ2v) is 8.33. The smallest absolute Gasteiger partial charge is 0.223 e. The first kappa shape index (κ1) is 16.3. The van der Waals surface area contributed by atoms with Gasteiger partial charge in [-0.05, 0) is 49.0 Å². The van der Waals surface area contributed by atoms with E-state index >= 15 is 0 Å². The fourth-order valence-corrected chi connectivity index (χ4v) is 5.50. The van der Waals surface area contributed by atoms with Gasteiger partial charge in [0.2, 0.25) is 5.91 Å². The van der Waals surface area contributed by atoms with E-state index in [0.29, 0.717) is 5.92 Å². The Morgan fingerprint density at radius 3 is 3.08 bits per heavy atom. The Kier molecular flexibility index (Phi) is 4.48. The predicted molar refractivity (Wildman–Crippen MR) is 95.6 cm³/mol. The molecule has 4 atom stereocenters. The van der Waals surface area contributed by atoms with Crippen molar-refractivity contribution in [2.75, 3.05) is 25.2 Å². The van der Waals surface area contributed by atoms with Crippen LogP contribution in [0.25, 0.3) is 0 Å². The van der Waals surface area contributed by atoms with Crippen molar-refractivity contribution in [3.05, 3.63) is 29.8 Å². The molecule has 1 aromatic carbocycles. The van der Waals surface area contributed by atoms with E-state index in [2.05, 4.69) is 11.4 Å². The molecule has 3 fully saturated rings. The molecular formula is C19H25NO3S. The number of carbonyl (C=O) groups excluding carboxylic acids is 1. The summed E-state index contributed by atoms with van der Waals surface area (Å²) >= 11 is 1.97. The number of hydrogen-bond donors (Lipinski definition) is 1. The van der Waals surface area contributed by atoms with Gasteiger partial charge in [0.15, 0.2) is 0 Å². The molecule has 0 radical (unpaired) electrons. The Hall–Kier alpha value is -1.20. The number of amides is 1. The van der Waals surface area contributed by atoms with Crippen LogP contribution in [0.3, 0.4) is 0 Å². The molecule has 1 aliphatic carbocycles. The molecule has 1 spiro atoms. The highest BCUT2D eigenvalue weighted by atomic mass is 32.2. The van der Waals surface area contributed by atoms with E-state index in [0.717, 1.165) is 49.4 Å². The van der Waals surface area contributed by atoms with E-state index in [9.17, 15) is 4.79 Å². The van der Waals surface area contributed by atoms with Gasteiger partial charge in [-0.1, -0.05) is 18.2 Å². The molecule has 3 aliphatic rings. The molecule has 2 saturated heterocycles. The zero-order valence-electron chi connectivity index (χ0n) is 14.1. The number of methoxy groups -OCH3 is 1. The zero-order valence-corrected chi connectivity index (χ0v) is 14.9. The van der Waals surface area contributed by atoms with Gasteiger partial charge in [0.05, 0.1) is 12.7 Å². The quantitative estimate of drug-likeness (QED) is 0.910. The SMILES string of the molecule is COc1ccccc1[C@@H]1C[C@H]1C(=O)N[C@@H]1CCO[C@]2(CCSC2)C1. The number of carbonyl (C=O) groups is 1. The summed E-state index contributed by atoms with van der Waals surface area (Å²) in [6.07, 6.45) is 3.95. The third-order valence-corrected chi connectivity index (χ3v) is 6.80. The lowest BCUT2D eigenvalue weighted by molar-refractivity contribution is -0.125. The minimum Gasteiger partial charge on any atom is -0.496 e. The minimum atomic E-state index is 0.0203. The molecule has 1 N–H and O–H groups in total. The van der Waals surface area contributed by atoms with Crippen LogP contribution in [0.5, 0.6) is 5.75 Å². The zero-order chi connectivity index (χ0) is 16.6. The van der Waals surface area contributed by atoms with Gasteiger partial charge in [-0.25, -0.2) is 0 Å². The molecule has 4 nitrogen and oxygen atoms in total. The van der Waals surface area contributed by atoms with Gasteiger partial charge >= 0.3 is 0 Å². The molecule has 1 amide bonds. The highest BCUT2D eigenvalue weighted by Gasteiger charge is 2.47. The van der Waals surface area contributed by atoms with Crippen molar-refractivity contribution >= 4 is 17.7 Å². The third-order valence-electron chi connectivity index (χ3n) is 5.57. The second-order valence-electron chi connectivity index (χ2n) is 7.22. The van der Waals surface area contributed by atoms with Gasteiger partial charge in [-0.15, -0.1) is 0 Å². The summed E-state index contributed by atoms with van der Waals surface area (Å²) in [6, 6.07) is 8.31. The summed E-state index contributed by atoms with van der Waals surface area (Å²) in [5.41, 5.74) is 1.18. The van der Waals surface area contributed by atoms with E-state index in [1.807, 2.05) is 30.0 Å². The lowest BCUT2D eigenvalue weighted by Gasteiger charge is -2.38. The van der Waals surface area contributed by atoms with Crippen LogP contribution < -0.4 is 10.1 Å². The molecule has 2 aliphatic heterocycles. The Balaban J connectivity index is 1.36. The van der Waals surface area contributed by atoms with Crippen molar-refractivity contribution in [2.24, 2.45) is 5.92 Å². The standard InChI is InChI=1S/C19H25NO3S/c1-22-17-5-3-2-4-14(17)15-10-16(15)18(21)20-13-6-8-23-19(11-13)7-9-24-12-19/h2-5,13,15-16H,6-12H2,1H3,(H,20,21)/t13-,15+,16-,19-/m1/s1. The summed E-state index contributed by atoms with van der Waals surface area (Å²) < 4.78 is 11.5. The Bertz CT molecular complexity index is 614. The predicted octanol–water partition coefficient (Wildman–Crippen LogP) is 2.97. The van der Waals surface area contributed by atoms with Gasteiger partial charge in [0.1, 0.15) is 5.75 Å². The first-order valence-corrected chi connectivity index (χ1v) is 10.0. The van der Waals surface area contributed by atoms with Gasteiger partial charge < -0.3 is 14.8 Å². The van der Waals surface area contributed by atoms with Gasteiger partial charge in [0, 0.05) is 24.3 Å². The molecule has 5 heteroatoms. The van der Waals surface area contributed by atoms with Crippen molar-refractivity contribution in [2.45, 2.75) is 43.2 Å². The average Bonchev–Trinajstić information content (AvgIpc) is 3.29. The maximum absolute atomic E-state index is 12.7. The van der Waals surface area contributed by atoms with Crippen LogP contribution in [0.4, 0.5) is 0 Å². The van der Waals surface area contributed by atoms with Gasteiger partial charge in [-0.3, -0.25) is 4.79 Å². The number of nitrogens with one attached hydrogen (secondary N) is 1. The number of thioether (sulfide) groups is 1. The van der Waals surface area contributed by atoms with Gasteiger partial charge in [0.25, 0.3) is 0 Å². The summed E-state index contributed by atoms with van der Waals surface area (Å²) in [5.74, 6) is 3.76. The fraction of sp³-hybridized carbons (Fsp3) is 0.632. The molecule has 24 heavy (non-hydrogen) atoms. The number of para-hydroxylation sites is 1. The van der Waals surface area contributed by atoms with Crippen molar-refractivity contribution in [3.8, 4) is 5.75 Å². The second kappa shape index (κ2) is 6.60. The topological polar surface area (TPSA) is 47.6 Å². The van der Waals surface area contributed by atoms with Crippen LogP contribution in [0, 0.1) is 5.92 Å². The summed E-state index contributed by atoms with van der Waals surface area (Å²) in [5, 5.41) is 3.30. The van der Waals surface area contributed by atoms with Crippen LogP contribution in [0.2, 0.25) is 0 Å². The number of benzene rings is 1. The minimum absolute atomic E-state index is 0.0203. The molecule has 0 aromatic heterocycles. The maximum atomic E-state index is 12.7. The molecular weight excluding hydrogens is 322 g/mol. The largest absolute Gasteiger partial charge is 0.496 e. The summed E-state index contributed by atoms with van der Waals surface area (Å²) in [6.45, 7) is 0.770. The van der Waals surface area contributed by atoms with Gasteiger partial charge in [-0.2, -0.15) is 11.8 Å². The number of rotatable bonds is 4. The van der Waals surface area contributed by atoms with E-state index in [4.69, 9.17) is 9.47 Å². The average molecular weight is 347 g/mol. The molecule has 1 saturated carbocycles. The van der Waals surface area contributed by atoms with Crippen molar-refractivity contribution in [1.82, 2.24) is 5.32 Å². The van der Waals surface area contributed by atoms with Crippen LogP contribution in [0.1, 0.15) is 37.2 Å². The highest BCUT2D eigenvalue weighted by Crippen LogP contribution is 2.50. The van der Waals surface area contributed by atoms with Crippen LogP contribution in [0.15, 0.2) is 24.3 Å². The van der Waals surface area contributed by atoms with Crippen molar-refractivity contribution in [1.29, 1.82) is 0 Å². The van der Waals surface area contributed by atoms with Crippen LogP contribution in [-0.2, 0) is 9.53 Å². The third kappa shape index (κ3) is 3.16. The normalized spacial score (nSPS) is 35.0. The summed E-state index contributed by atoms with van der Waals surface area (Å²) in [7, 11) is 1.69. The maximum Gasteiger partial charge on any atom is 0.223 e. The molecule has 4 rings (SSSR count). The monoisotopic (exact) mass is 347 g/mol. The molecule has 2 heterocycles. The Morgan fingerprint density at radius 2 is 2.29 bits per heavy atom. The highest BCUT2D eigenvalue weighted by molar-refractivity contribution is 7.99. The molecule has 0 bridgehead atoms. The lowest BCUT2D eigenvalue weighted by Crippen LogP contribution is -2.49. The van der Waals surface area contributed by atoms with E-state index < -0.39 is 0 Å². The summed E-state index contributed by atoms with van der Waals surface area (Å²) in [4.78, 5) is 12.7. The van der Waals surface area contributed by atoms with Crippen LogP contribution in [-0.4, -0.2) is 42.8 Å². The lowest BCUT2D eigenvalue weighted by atomic mass is 9.89. The Morgan fingerprint density at radius 1 is 1.42 bits per heavy atom. The number of ether oxygens (including phenoxy) is 2. The molecule has 0 unspecified atom stereocenters. The number of hydrogen-bond acceptors (Lipinski definition) is 4. The van der Waals surface area contributed by atoms with E-state index in [1.165, 1.54) is 5.75 Å². The van der Waals surface area contributed by atoms with Crippen LogP contribution >= 0.6 is 11.8 Å². The Labute approximate surface area is 147 Å². The van der Waals surface area contributed by atoms with Crippen molar-refractivity contribution < 1.29 is 14.3 Å². The van der Waals surface area contributed by atoms with Crippen molar-refractivity contribution in [3.63, 3.8) is 0 Å². The first-order chi connectivity index (χ1) is 11.7.